The van der Waals surface area contributed by atoms with Gasteiger partial charge in [0.25, 0.3) is 16.3 Å². The second kappa shape index (κ2) is 14.1. The van der Waals surface area contributed by atoms with Crippen LogP contribution in [0.5, 0.6) is 0 Å². The van der Waals surface area contributed by atoms with E-state index in [1.165, 1.54) is 26.1 Å². The van der Waals surface area contributed by atoms with E-state index >= 15 is 0 Å². The molecule has 0 aliphatic carbocycles. The fourth-order valence-electron chi connectivity index (χ4n) is 3.50. The predicted octanol–water partition coefficient (Wildman–Crippen LogP) is 4.32. The van der Waals surface area contributed by atoms with Crippen LogP contribution in [0, 0.1) is 12.1 Å². The minimum Gasteiger partial charge on any atom is -0.569 e. The molecule has 0 spiro atoms. The molecule has 1 aromatic heterocycles. The number of amides is 1. The zero-order valence-electron chi connectivity index (χ0n) is 23.9. The van der Waals surface area contributed by atoms with E-state index in [4.69, 9.17) is 4.84 Å². The molecule has 0 aliphatic heterocycles. The number of rotatable bonds is 12. The largest absolute Gasteiger partial charge is 0.569 e. The summed E-state index contributed by atoms with van der Waals surface area (Å²) in [6.45, 7) is 4.45. The van der Waals surface area contributed by atoms with Crippen molar-refractivity contribution in [2.24, 2.45) is 5.28 Å². The first-order valence-electron chi connectivity index (χ1n) is 12.9. The number of sulfonamides is 1. The molecule has 1 amide bonds. The lowest BCUT2D eigenvalue weighted by Crippen LogP contribution is -2.35. The summed E-state index contributed by atoms with van der Waals surface area (Å²) < 4.78 is 78.0. The van der Waals surface area contributed by atoms with Gasteiger partial charge >= 0.3 is 12.3 Å². The maximum atomic E-state index is 13.5. The van der Waals surface area contributed by atoms with Gasteiger partial charge in [-0.25, -0.2) is 22.6 Å². The molecular weight excluding hydrogens is 613 g/mol. The van der Waals surface area contributed by atoms with Crippen LogP contribution in [0.1, 0.15) is 31.5 Å². The minimum absolute atomic E-state index is 0.0458. The molecule has 1 N–H and O–H groups in total. The van der Waals surface area contributed by atoms with Crippen LogP contribution in [-0.4, -0.2) is 66.7 Å². The Morgan fingerprint density at radius 2 is 1.80 bits per heavy atom. The lowest BCUT2D eigenvalue weighted by Gasteiger charge is -2.14. The van der Waals surface area contributed by atoms with Crippen molar-refractivity contribution >= 4 is 22.1 Å². The van der Waals surface area contributed by atoms with Crippen LogP contribution in [0.3, 0.4) is 0 Å². The van der Waals surface area contributed by atoms with Crippen LogP contribution in [0.15, 0.2) is 64.8 Å². The molecule has 18 heteroatoms. The number of carbonyl (C=O) groups is 2. The second-order valence-corrected chi connectivity index (χ2v) is 10.8. The molecule has 1 heterocycles. The topological polar surface area (TPSA) is 167 Å². The Morgan fingerprint density at radius 3 is 2.39 bits per heavy atom. The van der Waals surface area contributed by atoms with Gasteiger partial charge in [0.1, 0.15) is 0 Å². The van der Waals surface area contributed by atoms with E-state index < -0.39 is 46.7 Å². The van der Waals surface area contributed by atoms with Gasteiger partial charge < -0.3 is 14.7 Å². The third-order valence-corrected chi connectivity index (χ3v) is 7.12. The number of ether oxygens (including phenoxy) is 2. The summed E-state index contributed by atoms with van der Waals surface area (Å²) >= 11 is 0. The fourth-order valence-corrected chi connectivity index (χ4v) is 4.51. The molecule has 0 saturated carbocycles. The van der Waals surface area contributed by atoms with E-state index in [-0.39, 0.29) is 34.4 Å². The van der Waals surface area contributed by atoms with Crippen LogP contribution in [-0.2, 0) is 35.3 Å². The third-order valence-electron chi connectivity index (χ3n) is 5.73. The average molecular weight is 643 g/mol. The minimum atomic E-state index is -4.71. The van der Waals surface area contributed by atoms with E-state index in [1.807, 2.05) is 11.6 Å². The third kappa shape index (κ3) is 9.06. The van der Waals surface area contributed by atoms with E-state index in [2.05, 4.69) is 19.8 Å². The molecule has 1 atom stereocenters. The summed E-state index contributed by atoms with van der Waals surface area (Å²) in [5.41, 5.74) is 0.518. The molecule has 44 heavy (non-hydrogen) atoms. The molecule has 14 nitrogen and oxygen atoms in total. The lowest BCUT2D eigenvalue weighted by atomic mass is 10.1. The molecule has 0 saturated heterocycles. The highest BCUT2D eigenvalue weighted by Crippen LogP contribution is 2.33. The molecule has 0 bridgehead atoms. The van der Waals surface area contributed by atoms with Crippen molar-refractivity contribution in [1.29, 1.82) is 0 Å². The van der Waals surface area contributed by atoms with E-state index in [1.54, 1.807) is 31.2 Å². The van der Waals surface area contributed by atoms with Crippen molar-refractivity contribution in [3.63, 3.8) is 0 Å². The first-order chi connectivity index (χ1) is 20.6. The Bertz CT molecular complexity index is 1590. The van der Waals surface area contributed by atoms with Gasteiger partial charge in [0.15, 0.2) is 5.69 Å². The van der Waals surface area contributed by atoms with Crippen molar-refractivity contribution in [3.05, 3.63) is 71.1 Å². The van der Waals surface area contributed by atoms with Crippen molar-refractivity contribution in [2.45, 2.75) is 44.6 Å². The summed E-state index contributed by atoms with van der Waals surface area (Å²) in [6, 6.07) is 12.4. The monoisotopic (exact) mass is 642 g/mol. The molecular formula is C26H29F3N6O8S. The number of nitrogens with zero attached hydrogens (tertiary/aromatic N) is 5. The summed E-state index contributed by atoms with van der Waals surface area (Å²) in [5, 5.41) is 19.7. The average Bonchev–Trinajstić information content (AvgIpc) is 3.41. The smallest absolute Gasteiger partial charge is 0.511 e. The maximum absolute atomic E-state index is 13.5. The molecule has 0 aliphatic rings. The van der Waals surface area contributed by atoms with Gasteiger partial charge in [0.2, 0.25) is 11.2 Å². The number of benzene rings is 2. The summed E-state index contributed by atoms with van der Waals surface area (Å²) in [7, 11) is -3.14. The van der Waals surface area contributed by atoms with E-state index in [0.29, 0.717) is 5.56 Å². The highest BCUT2D eigenvalue weighted by molar-refractivity contribution is 7.90. The number of carbonyl (C=O) groups excluding carboxylic acids is 2. The molecule has 3 aromatic rings. The summed E-state index contributed by atoms with van der Waals surface area (Å²) in [4.78, 5) is 27.9. The molecule has 0 radical (unpaired) electrons. The fraction of sp³-hybridized carbons (Fsp3) is 0.346. The van der Waals surface area contributed by atoms with Gasteiger partial charge in [-0.15, -0.1) is 5.01 Å². The lowest BCUT2D eigenvalue weighted by molar-refractivity contribution is -0.707. The van der Waals surface area contributed by atoms with Crippen LogP contribution in [0.25, 0.3) is 16.9 Å². The van der Waals surface area contributed by atoms with Crippen LogP contribution >= 0.6 is 0 Å². The number of hydrogen-bond acceptors (Lipinski definition) is 10. The number of aromatic nitrogens is 2. The normalized spacial score (nSPS) is 12.8. The molecule has 3 rings (SSSR count). The van der Waals surface area contributed by atoms with Crippen molar-refractivity contribution < 1.29 is 50.5 Å². The first kappa shape index (κ1) is 33.6. The number of alkyl halides is 3. The molecule has 2 aromatic carbocycles. The Hall–Kier alpha value is -4.87. The Labute approximate surface area is 250 Å². The Morgan fingerprint density at radius 1 is 1.16 bits per heavy atom. The van der Waals surface area contributed by atoms with Crippen LogP contribution < -0.4 is 4.72 Å². The van der Waals surface area contributed by atoms with Crippen molar-refractivity contribution in [2.75, 3.05) is 20.2 Å². The summed E-state index contributed by atoms with van der Waals surface area (Å²) in [6.07, 6.45) is -7.46. The van der Waals surface area contributed by atoms with E-state index in [9.17, 15) is 36.4 Å². The van der Waals surface area contributed by atoms with Crippen LogP contribution in [0.2, 0.25) is 0 Å². The highest BCUT2D eigenvalue weighted by Gasteiger charge is 2.35. The molecule has 238 valence electrons. The SMILES string of the molecule is CCOC(=O)OC(C)ON=[N+]([O-])N(C)CCC(=O)NS(=O)(=O)c1ccc(-n2nc(C(F)(F)F)cc2-c2ccc(C)cc2)cc1. The molecule has 1 unspecified atom stereocenters. The van der Waals surface area contributed by atoms with Gasteiger partial charge in [-0.3, -0.25) is 9.63 Å². The second-order valence-electron chi connectivity index (χ2n) is 9.15. The van der Waals surface area contributed by atoms with Gasteiger partial charge in [-0.1, -0.05) is 29.8 Å². The number of nitrogens with one attached hydrogen (secondary N) is 1. The Balaban J connectivity index is 1.66. The van der Waals surface area contributed by atoms with Gasteiger partial charge in [0, 0.05) is 12.5 Å². The molecule has 0 fully saturated rings. The zero-order valence-corrected chi connectivity index (χ0v) is 24.8. The highest BCUT2D eigenvalue weighted by atomic mass is 32.2. The number of hydrazine groups is 1. The quantitative estimate of drug-likeness (QED) is 0.0988. The van der Waals surface area contributed by atoms with Gasteiger partial charge in [-0.05, 0) is 44.2 Å². The van der Waals surface area contributed by atoms with Gasteiger partial charge in [0.05, 0.1) is 47.9 Å². The van der Waals surface area contributed by atoms with E-state index in [0.717, 1.165) is 33.5 Å². The predicted molar refractivity (Wildman–Crippen MR) is 146 cm³/mol. The number of aryl methyl sites for hydroxylation is 1. The first-order valence-corrected chi connectivity index (χ1v) is 14.4. The van der Waals surface area contributed by atoms with Crippen molar-refractivity contribution in [3.8, 4) is 16.9 Å². The Kier molecular flexibility index (Phi) is 10.8. The number of hydrogen-bond donors (Lipinski definition) is 1. The number of halogens is 3. The standard InChI is InChI=1S/C26H29F3N6O8S/c1-5-41-25(37)42-18(3)43-32-35(38)33(4)15-14-24(36)31-44(39,40)21-12-10-20(11-13-21)34-22(16-23(30-34)26(27,28)29)19-8-6-17(2)7-9-19/h6-13,16,18H,5,14-15H2,1-4H3,(H,31,36). The van der Waals surface area contributed by atoms with Crippen molar-refractivity contribution in [1.82, 2.24) is 19.5 Å². The maximum Gasteiger partial charge on any atom is 0.511 e. The summed E-state index contributed by atoms with van der Waals surface area (Å²) in [5.74, 6) is -0.960. The van der Waals surface area contributed by atoms with Gasteiger partial charge in [-0.2, -0.15) is 18.3 Å². The zero-order chi connectivity index (χ0) is 32.7. The van der Waals surface area contributed by atoms with Crippen LogP contribution in [0.4, 0.5) is 18.0 Å².